The molecular weight excluding hydrogens is 356 g/mol. The van der Waals surface area contributed by atoms with E-state index in [-0.39, 0.29) is 5.91 Å². The number of aromatic nitrogens is 3. The van der Waals surface area contributed by atoms with Crippen LogP contribution in [0.4, 0.5) is 5.69 Å². The summed E-state index contributed by atoms with van der Waals surface area (Å²) in [6, 6.07) is 14.1. The van der Waals surface area contributed by atoms with Crippen LogP contribution in [0.3, 0.4) is 0 Å². The number of benzene rings is 2. The lowest BCUT2D eigenvalue weighted by molar-refractivity contribution is -0.113. The van der Waals surface area contributed by atoms with Gasteiger partial charge in [0.1, 0.15) is 0 Å². The number of carbonyl (C=O) groups is 1. The molecule has 3 aromatic rings. The molecule has 0 spiro atoms. The first-order valence-electron chi connectivity index (χ1n) is 8.98. The number of aryl methyl sites for hydroxylation is 3. The number of anilines is 1. The monoisotopic (exact) mass is 380 g/mol. The van der Waals surface area contributed by atoms with E-state index in [0.29, 0.717) is 5.75 Å². The maximum atomic E-state index is 12.5. The highest BCUT2D eigenvalue weighted by atomic mass is 32.2. The van der Waals surface area contributed by atoms with E-state index in [0.717, 1.165) is 39.9 Å². The summed E-state index contributed by atoms with van der Waals surface area (Å²) in [5.74, 6) is 1.08. The molecular formula is C21H24N4OS. The van der Waals surface area contributed by atoms with Gasteiger partial charge in [0.15, 0.2) is 11.0 Å². The van der Waals surface area contributed by atoms with Crippen molar-refractivity contribution in [3.05, 3.63) is 59.2 Å². The fraction of sp³-hybridized carbons (Fsp3) is 0.286. The van der Waals surface area contributed by atoms with Crippen molar-refractivity contribution >= 4 is 23.4 Å². The molecule has 27 heavy (non-hydrogen) atoms. The summed E-state index contributed by atoms with van der Waals surface area (Å²) in [5, 5.41) is 12.4. The van der Waals surface area contributed by atoms with Gasteiger partial charge in [-0.05, 0) is 38.8 Å². The van der Waals surface area contributed by atoms with Crippen molar-refractivity contribution in [1.82, 2.24) is 14.8 Å². The molecule has 5 nitrogen and oxygen atoms in total. The highest BCUT2D eigenvalue weighted by Crippen LogP contribution is 2.25. The zero-order chi connectivity index (χ0) is 19.4. The predicted octanol–water partition coefficient (Wildman–Crippen LogP) is 4.62. The van der Waals surface area contributed by atoms with Crippen LogP contribution in [0.5, 0.6) is 0 Å². The minimum atomic E-state index is -0.0398. The van der Waals surface area contributed by atoms with E-state index in [9.17, 15) is 4.79 Å². The van der Waals surface area contributed by atoms with Crippen molar-refractivity contribution in [1.29, 1.82) is 0 Å². The maximum absolute atomic E-state index is 12.5. The molecule has 0 atom stereocenters. The van der Waals surface area contributed by atoms with E-state index < -0.39 is 0 Å². The minimum absolute atomic E-state index is 0.0398. The summed E-state index contributed by atoms with van der Waals surface area (Å²) in [4.78, 5) is 12.5. The van der Waals surface area contributed by atoms with E-state index in [1.165, 1.54) is 17.3 Å². The van der Waals surface area contributed by atoms with Gasteiger partial charge in [-0.1, -0.05) is 59.8 Å². The van der Waals surface area contributed by atoms with Crippen LogP contribution >= 0.6 is 11.8 Å². The minimum Gasteiger partial charge on any atom is -0.325 e. The lowest BCUT2D eigenvalue weighted by atomic mass is 10.1. The van der Waals surface area contributed by atoms with Crippen LogP contribution in [0.15, 0.2) is 47.6 Å². The summed E-state index contributed by atoms with van der Waals surface area (Å²) >= 11 is 1.41. The van der Waals surface area contributed by atoms with Gasteiger partial charge in [-0.2, -0.15) is 0 Å². The third-order valence-electron chi connectivity index (χ3n) is 4.34. The number of thioether (sulfide) groups is 1. The first-order valence-corrected chi connectivity index (χ1v) is 9.97. The standard InChI is InChI=1S/C21H24N4OS/c1-5-25-20(17-9-7-6-8-10-17)23-24-21(25)27-13-18(26)22-19-15(3)11-14(2)12-16(19)4/h6-12H,5,13H2,1-4H3,(H,22,26). The molecule has 0 saturated carbocycles. The SMILES string of the molecule is CCn1c(SCC(=O)Nc2c(C)cc(C)cc2C)nnc1-c1ccccc1. The normalized spacial score (nSPS) is 10.8. The number of hydrogen-bond donors (Lipinski definition) is 1. The molecule has 6 heteroatoms. The van der Waals surface area contributed by atoms with E-state index in [4.69, 9.17) is 0 Å². The third kappa shape index (κ3) is 4.39. The summed E-state index contributed by atoms with van der Waals surface area (Å²) in [6.45, 7) is 8.89. The van der Waals surface area contributed by atoms with Gasteiger partial charge < -0.3 is 9.88 Å². The summed E-state index contributed by atoms with van der Waals surface area (Å²) in [7, 11) is 0. The molecule has 0 saturated heterocycles. The van der Waals surface area contributed by atoms with Crippen LogP contribution in [-0.4, -0.2) is 26.4 Å². The molecule has 140 valence electrons. The summed E-state index contributed by atoms with van der Waals surface area (Å²) < 4.78 is 2.04. The van der Waals surface area contributed by atoms with Crippen LogP contribution < -0.4 is 5.32 Å². The molecule has 1 N–H and O–H groups in total. The van der Waals surface area contributed by atoms with Crippen molar-refractivity contribution in [2.45, 2.75) is 39.4 Å². The second-order valence-corrected chi connectivity index (χ2v) is 7.47. The number of amides is 1. The van der Waals surface area contributed by atoms with Crippen LogP contribution in [0.1, 0.15) is 23.6 Å². The van der Waals surface area contributed by atoms with Crippen molar-refractivity contribution in [3.8, 4) is 11.4 Å². The highest BCUT2D eigenvalue weighted by Gasteiger charge is 2.15. The summed E-state index contributed by atoms with van der Waals surface area (Å²) in [6.07, 6.45) is 0. The van der Waals surface area contributed by atoms with E-state index >= 15 is 0 Å². The van der Waals surface area contributed by atoms with Gasteiger partial charge in [-0.3, -0.25) is 4.79 Å². The Morgan fingerprint density at radius 1 is 1.07 bits per heavy atom. The first-order chi connectivity index (χ1) is 13.0. The van der Waals surface area contributed by atoms with Crippen molar-refractivity contribution in [3.63, 3.8) is 0 Å². The molecule has 0 aliphatic carbocycles. The number of nitrogens with one attached hydrogen (secondary N) is 1. The lowest BCUT2D eigenvalue weighted by Gasteiger charge is -2.13. The Kier molecular flexibility index (Phi) is 5.96. The van der Waals surface area contributed by atoms with Crippen LogP contribution in [-0.2, 0) is 11.3 Å². The maximum Gasteiger partial charge on any atom is 0.234 e. The molecule has 0 fully saturated rings. The fourth-order valence-electron chi connectivity index (χ4n) is 3.16. The van der Waals surface area contributed by atoms with Crippen molar-refractivity contribution < 1.29 is 4.79 Å². The average Bonchev–Trinajstić information content (AvgIpc) is 3.06. The second kappa shape index (κ2) is 8.39. The van der Waals surface area contributed by atoms with Gasteiger partial charge in [0.25, 0.3) is 0 Å². The Bertz CT molecular complexity index is 927. The van der Waals surface area contributed by atoms with Gasteiger partial charge in [0, 0.05) is 17.8 Å². The molecule has 0 aliphatic heterocycles. The Morgan fingerprint density at radius 3 is 2.37 bits per heavy atom. The smallest absolute Gasteiger partial charge is 0.234 e. The van der Waals surface area contributed by atoms with E-state index in [1.807, 2.05) is 48.7 Å². The Balaban J connectivity index is 1.70. The molecule has 0 radical (unpaired) electrons. The zero-order valence-corrected chi connectivity index (χ0v) is 16.9. The van der Waals surface area contributed by atoms with Crippen molar-refractivity contribution in [2.75, 3.05) is 11.1 Å². The molecule has 0 aliphatic rings. The Hall–Kier alpha value is -2.60. The van der Waals surface area contributed by atoms with E-state index in [1.54, 1.807) is 0 Å². The number of carbonyl (C=O) groups excluding carboxylic acids is 1. The first kappa shape index (κ1) is 19.2. The van der Waals surface area contributed by atoms with Gasteiger partial charge in [0.2, 0.25) is 5.91 Å². The molecule has 1 heterocycles. The van der Waals surface area contributed by atoms with Gasteiger partial charge in [-0.25, -0.2) is 0 Å². The topological polar surface area (TPSA) is 59.8 Å². The number of hydrogen-bond acceptors (Lipinski definition) is 4. The Morgan fingerprint density at radius 2 is 1.74 bits per heavy atom. The predicted molar refractivity (Wildman–Crippen MR) is 111 cm³/mol. The Labute approximate surface area is 164 Å². The van der Waals surface area contributed by atoms with E-state index in [2.05, 4.69) is 41.5 Å². The largest absolute Gasteiger partial charge is 0.325 e. The van der Waals surface area contributed by atoms with Crippen LogP contribution in [0.2, 0.25) is 0 Å². The molecule has 0 bridgehead atoms. The number of nitrogens with zero attached hydrogens (tertiary/aromatic N) is 3. The molecule has 1 amide bonds. The van der Waals surface area contributed by atoms with Gasteiger partial charge in [-0.15, -0.1) is 10.2 Å². The highest BCUT2D eigenvalue weighted by molar-refractivity contribution is 7.99. The fourth-order valence-corrected chi connectivity index (χ4v) is 3.97. The lowest BCUT2D eigenvalue weighted by Crippen LogP contribution is -2.16. The van der Waals surface area contributed by atoms with Gasteiger partial charge in [0.05, 0.1) is 5.75 Å². The molecule has 2 aromatic carbocycles. The quantitative estimate of drug-likeness (QED) is 0.634. The summed E-state index contributed by atoms with van der Waals surface area (Å²) in [5.41, 5.74) is 5.27. The van der Waals surface area contributed by atoms with Crippen LogP contribution in [0.25, 0.3) is 11.4 Å². The molecule has 1 aromatic heterocycles. The average molecular weight is 381 g/mol. The molecule has 3 rings (SSSR count). The third-order valence-corrected chi connectivity index (χ3v) is 5.31. The number of rotatable bonds is 6. The molecule has 0 unspecified atom stereocenters. The van der Waals surface area contributed by atoms with Crippen molar-refractivity contribution in [2.24, 2.45) is 0 Å². The van der Waals surface area contributed by atoms with Gasteiger partial charge >= 0.3 is 0 Å². The second-order valence-electron chi connectivity index (χ2n) is 6.53. The van der Waals surface area contributed by atoms with Crippen LogP contribution in [0, 0.1) is 20.8 Å². The zero-order valence-electron chi connectivity index (χ0n) is 16.1.